The van der Waals surface area contributed by atoms with Gasteiger partial charge in [-0.25, -0.2) is 9.37 Å². The Morgan fingerprint density at radius 2 is 1.93 bits per heavy atom. The maximum Gasteiger partial charge on any atom is 0.308 e. The lowest BCUT2D eigenvalue weighted by atomic mass is 9.80. The fourth-order valence-corrected chi connectivity index (χ4v) is 3.56. The number of allylic oxidation sites excluding steroid dienone is 1. The van der Waals surface area contributed by atoms with E-state index in [2.05, 4.69) is 4.98 Å². The zero-order valence-corrected chi connectivity index (χ0v) is 15.5. The quantitative estimate of drug-likeness (QED) is 0.593. The second-order valence-electron chi connectivity index (χ2n) is 6.93. The number of halogens is 1. The molecule has 5 nitrogen and oxygen atoms in total. The van der Waals surface area contributed by atoms with Crippen molar-refractivity contribution < 1.29 is 18.7 Å². The van der Waals surface area contributed by atoms with Crippen LogP contribution < -0.4 is 0 Å². The first-order chi connectivity index (χ1) is 13.0. The molecule has 0 atom stereocenters. The average molecular weight is 370 g/mol. The number of rotatable bonds is 5. The summed E-state index contributed by atoms with van der Waals surface area (Å²) in [7, 11) is 3.23. The Labute approximate surface area is 157 Å². The number of carbonyl (C=O) groups is 2. The molecule has 0 amide bonds. The third kappa shape index (κ3) is 4.32. The summed E-state index contributed by atoms with van der Waals surface area (Å²) in [5, 5.41) is 0. The van der Waals surface area contributed by atoms with Gasteiger partial charge in [-0.1, -0.05) is 12.1 Å². The minimum Gasteiger partial charge on any atom is -0.469 e. The first-order valence-electron chi connectivity index (χ1n) is 9.06. The Morgan fingerprint density at radius 1 is 1.22 bits per heavy atom. The van der Waals surface area contributed by atoms with Crippen LogP contribution in [0.15, 0.2) is 36.8 Å². The molecule has 1 aromatic heterocycles. The van der Waals surface area contributed by atoms with Gasteiger partial charge in [0.25, 0.3) is 0 Å². The highest BCUT2D eigenvalue weighted by atomic mass is 19.1. The van der Waals surface area contributed by atoms with E-state index in [1.165, 1.54) is 25.3 Å². The van der Waals surface area contributed by atoms with E-state index < -0.39 is 5.82 Å². The van der Waals surface area contributed by atoms with Crippen LogP contribution in [0.25, 0.3) is 17.3 Å². The molecule has 1 saturated carbocycles. The van der Waals surface area contributed by atoms with Crippen LogP contribution >= 0.6 is 0 Å². The first kappa shape index (κ1) is 19.0. The molecular formula is C21H23FN2O3. The first-order valence-corrected chi connectivity index (χ1v) is 9.06. The monoisotopic (exact) mass is 370 g/mol. The minimum atomic E-state index is -0.392. The lowest BCUT2D eigenvalue weighted by Gasteiger charge is -2.25. The zero-order valence-electron chi connectivity index (χ0n) is 15.5. The maximum absolute atomic E-state index is 14.4. The summed E-state index contributed by atoms with van der Waals surface area (Å²) in [6.07, 6.45) is 9.04. The molecule has 1 aromatic carbocycles. The van der Waals surface area contributed by atoms with Gasteiger partial charge in [-0.05, 0) is 43.9 Å². The SMILES string of the molecule is COC(=O)C1CCC(C(=O)/C=C/c2c(F)cccc2-c2cn(C)cn2)CC1. The Hall–Kier alpha value is -2.76. The molecule has 3 rings (SSSR count). The standard InChI is InChI=1S/C21H23FN2O3/c1-24-12-19(23-13-24)17-4-3-5-18(22)16(17)10-11-20(25)14-6-8-15(9-7-14)21(26)27-2/h3-5,10-15H,6-9H2,1-2H3/b11-10+. The number of carbonyl (C=O) groups excluding carboxylic acids is 2. The van der Waals surface area contributed by atoms with Gasteiger partial charge in [0.1, 0.15) is 5.82 Å². The summed E-state index contributed by atoms with van der Waals surface area (Å²) in [4.78, 5) is 28.4. The molecule has 0 N–H and O–H groups in total. The van der Waals surface area contributed by atoms with Crippen molar-refractivity contribution in [2.24, 2.45) is 18.9 Å². The summed E-state index contributed by atoms with van der Waals surface area (Å²) < 4.78 is 20.9. The third-order valence-corrected chi connectivity index (χ3v) is 5.11. The molecule has 1 aliphatic rings. The molecule has 1 aliphatic carbocycles. The number of methoxy groups -OCH3 is 1. The van der Waals surface area contributed by atoms with Crippen molar-refractivity contribution in [3.63, 3.8) is 0 Å². The predicted octanol–water partition coefficient (Wildman–Crippen LogP) is 3.79. The molecule has 2 aromatic rings. The number of aromatic nitrogens is 2. The van der Waals surface area contributed by atoms with Crippen molar-refractivity contribution in [1.29, 1.82) is 0 Å². The van der Waals surface area contributed by atoms with Gasteiger partial charge in [0.2, 0.25) is 0 Å². The number of hydrogen-bond acceptors (Lipinski definition) is 4. The molecule has 0 aliphatic heterocycles. The molecule has 0 bridgehead atoms. The number of nitrogens with zero attached hydrogens (tertiary/aromatic N) is 2. The van der Waals surface area contributed by atoms with Gasteiger partial charge < -0.3 is 9.30 Å². The van der Waals surface area contributed by atoms with Crippen LogP contribution in [-0.2, 0) is 21.4 Å². The average Bonchev–Trinajstić information content (AvgIpc) is 3.12. The molecular weight excluding hydrogens is 347 g/mol. The number of benzene rings is 1. The number of ketones is 1. The Kier molecular flexibility index (Phi) is 5.84. The normalized spacial score (nSPS) is 20.0. The van der Waals surface area contributed by atoms with Crippen LogP contribution in [-0.4, -0.2) is 28.4 Å². The van der Waals surface area contributed by atoms with E-state index in [9.17, 15) is 14.0 Å². The number of aryl methyl sites for hydroxylation is 1. The van der Waals surface area contributed by atoms with E-state index in [4.69, 9.17) is 4.74 Å². The second kappa shape index (κ2) is 8.29. The van der Waals surface area contributed by atoms with Crippen LogP contribution in [0, 0.1) is 17.7 Å². The van der Waals surface area contributed by atoms with E-state index in [1.54, 1.807) is 23.0 Å². The molecule has 0 saturated heterocycles. The highest BCUT2D eigenvalue weighted by Gasteiger charge is 2.29. The van der Waals surface area contributed by atoms with E-state index in [0.717, 1.165) is 0 Å². The minimum absolute atomic E-state index is 0.0338. The smallest absolute Gasteiger partial charge is 0.308 e. The lowest BCUT2D eigenvalue weighted by molar-refractivity contribution is -0.147. The van der Waals surface area contributed by atoms with Gasteiger partial charge >= 0.3 is 5.97 Å². The fraction of sp³-hybridized carbons (Fsp3) is 0.381. The highest BCUT2D eigenvalue weighted by molar-refractivity contribution is 5.96. The van der Waals surface area contributed by atoms with Crippen molar-refractivity contribution in [3.05, 3.63) is 48.2 Å². The molecule has 0 radical (unpaired) electrons. The van der Waals surface area contributed by atoms with Crippen molar-refractivity contribution >= 4 is 17.8 Å². The molecule has 142 valence electrons. The van der Waals surface area contributed by atoms with Gasteiger partial charge in [0.05, 0.1) is 25.0 Å². The number of esters is 1. The van der Waals surface area contributed by atoms with E-state index in [0.29, 0.717) is 42.5 Å². The van der Waals surface area contributed by atoms with Gasteiger partial charge in [-0.2, -0.15) is 0 Å². The van der Waals surface area contributed by atoms with Crippen molar-refractivity contribution in [3.8, 4) is 11.3 Å². The molecule has 1 heterocycles. The van der Waals surface area contributed by atoms with Crippen LogP contribution in [0.1, 0.15) is 31.2 Å². The van der Waals surface area contributed by atoms with E-state index in [-0.39, 0.29) is 23.6 Å². The summed E-state index contributed by atoms with van der Waals surface area (Å²) in [5.74, 6) is -0.884. The zero-order chi connectivity index (χ0) is 19.4. The highest BCUT2D eigenvalue weighted by Crippen LogP contribution is 2.31. The summed E-state index contributed by atoms with van der Waals surface area (Å²) >= 11 is 0. The van der Waals surface area contributed by atoms with Crippen molar-refractivity contribution in [1.82, 2.24) is 9.55 Å². The second-order valence-corrected chi connectivity index (χ2v) is 6.93. The van der Waals surface area contributed by atoms with Crippen LogP contribution in [0.3, 0.4) is 0 Å². The number of ether oxygens (including phenoxy) is 1. The van der Waals surface area contributed by atoms with Crippen LogP contribution in [0.4, 0.5) is 4.39 Å². The molecule has 0 unspecified atom stereocenters. The predicted molar refractivity (Wildman–Crippen MR) is 100 cm³/mol. The molecule has 1 fully saturated rings. The van der Waals surface area contributed by atoms with Crippen LogP contribution in [0.2, 0.25) is 0 Å². The van der Waals surface area contributed by atoms with Gasteiger partial charge in [-0.15, -0.1) is 0 Å². The fourth-order valence-electron chi connectivity index (χ4n) is 3.56. The largest absolute Gasteiger partial charge is 0.469 e. The number of imidazole rings is 1. The Balaban J connectivity index is 1.73. The van der Waals surface area contributed by atoms with Crippen molar-refractivity contribution in [2.45, 2.75) is 25.7 Å². The third-order valence-electron chi connectivity index (χ3n) is 5.11. The molecule has 6 heteroatoms. The maximum atomic E-state index is 14.4. The summed E-state index contributed by atoms with van der Waals surface area (Å²) in [6.45, 7) is 0. The molecule has 0 spiro atoms. The Morgan fingerprint density at radius 3 is 2.56 bits per heavy atom. The van der Waals surface area contributed by atoms with Crippen molar-refractivity contribution in [2.75, 3.05) is 7.11 Å². The molecule has 27 heavy (non-hydrogen) atoms. The topological polar surface area (TPSA) is 61.2 Å². The van der Waals surface area contributed by atoms with E-state index >= 15 is 0 Å². The van der Waals surface area contributed by atoms with Gasteiger partial charge in [-0.3, -0.25) is 9.59 Å². The lowest BCUT2D eigenvalue weighted by Crippen LogP contribution is -2.26. The van der Waals surface area contributed by atoms with Gasteiger partial charge in [0, 0.05) is 30.3 Å². The van der Waals surface area contributed by atoms with E-state index in [1.807, 2.05) is 13.2 Å². The number of hydrogen-bond donors (Lipinski definition) is 0. The van der Waals surface area contributed by atoms with Gasteiger partial charge in [0.15, 0.2) is 5.78 Å². The summed E-state index contributed by atoms with van der Waals surface area (Å²) in [5.41, 5.74) is 1.66. The Bertz CT molecular complexity index is 864. The van der Waals surface area contributed by atoms with Crippen LogP contribution in [0.5, 0.6) is 0 Å². The summed E-state index contributed by atoms with van der Waals surface area (Å²) in [6, 6.07) is 4.79.